The minimum absolute atomic E-state index is 0.172. The molecule has 8 nitrogen and oxygen atoms in total. The third kappa shape index (κ3) is 2.57. The standard InChI is InChI=1S/C11H14N6O2/c1-18-7-4-3-6(5-8(7)19-2)14-15-9-10(12)16-17-11(9)13/h3-5,14H,1-2H3,(H4,12,13,15,16,17). The molecule has 1 aromatic rings. The summed E-state index contributed by atoms with van der Waals surface area (Å²) in [5.41, 5.74) is 15.0. The third-order valence-electron chi connectivity index (χ3n) is 2.43. The Hall–Kier alpha value is -2.77. The third-order valence-corrected chi connectivity index (χ3v) is 2.43. The van der Waals surface area contributed by atoms with Gasteiger partial charge in [-0.2, -0.15) is 5.10 Å². The maximum Gasteiger partial charge on any atom is 0.177 e. The van der Waals surface area contributed by atoms with Gasteiger partial charge in [0, 0.05) is 6.07 Å². The second-order valence-electron chi connectivity index (χ2n) is 3.61. The van der Waals surface area contributed by atoms with Crippen molar-refractivity contribution in [2.24, 2.45) is 26.8 Å². The lowest BCUT2D eigenvalue weighted by atomic mass is 10.3. The topological polar surface area (TPSA) is 120 Å². The Labute approximate surface area is 109 Å². The highest BCUT2D eigenvalue weighted by molar-refractivity contribution is 6.68. The van der Waals surface area contributed by atoms with E-state index in [4.69, 9.17) is 20.9 Å². The highest BCUT2D eigenvalue weighted by Crippen LogP contribution is 2.29. The van der Waals surface area contributed by atoms with E-state index in [0.29, 0.717) is 22.9 Å². The molecule has 0 unspecified atom stereocenters. The molecule has 0 aromatic heterocycles. The van der Waals surface area contributed by atoms with E-state index in [1.54, 1.807) is 32.4 Å². The first-order valence-corrected chi connectivity index (χ1v) is 5.38. The Balaban J connectivity index is 2.19. The molecule has 0 radical (unpaired) electrons. The number of nitrogens with two attached hydrogens (primary N) is 2. The SMILES string of the molecule is COc1ccc(NN=C2C(N)=NN=C2N)cc1OC. The van der Waals surface area contributed by atoms with E-state index in [-0.39, 0.29) is 11.7 Å². The van der Waals surface area contributed by atoms with Crippen LogP contribution >= 0.6 is 0 Å². The van der Waals surface area contributed by atoms with Gasteiger partial charge in [0.2, 0.25) is 0 Å². The summed E-state index contributed by atoms with van der Waals surface area (Å²) in [6.45, 7) is 0. The number of nitrogens with zero attached hydrogens (tertiary/aromatic N) is 3. The van der Waals surface area contributed by atoms with Gasteiger partial charge in [-0.05, 0) is 12.1 Å². The van der Waals surface area contributed by atoms with Gasteiger partial charge in [0.1, 0.15) is 0 Å². The zero-order valence-electron chi connectivity index (χ0n) is 10.5. The molecular formula is C11H14N6O2. The van der Waals surface area contributed by atoms with Crippen molar-refractivity contribution < 1.29 is 9.47 Å². The van der Waals surface area contributed by atoms with E-state index in [1.807, 2.05) is 0 Å². The highest BCUT2D eigenvalue weighted by Gasteiger charge is 2.16. The Morgan fingerprint density at radius 2 is 1.68 bits per heavy atom. The molecule has 0 amide bonds. The minimum atomic E-state index is 0.172. The van der Waals surface area contributed by atoms with E-state index in [9.17, 15) is 0 Å². The van der Waals surface area contributed by atoms with Crippen molar-refractivity contribution in [3.05, 3.63) is 18.2 Å². The molecule has 0 bridgehead atoms. The molecule has 5 N–H and O–H groups in total. The van der Waals surface area contributed by atoms with Gasteiger partial charge >= 0.3 is 0 Å². The Bertz CT molecular complexity index is 559. The zero-order chi connectivity index (χ0) is 13.8. The van der Waals surface area contributed by atoms with E-state index in [1.165, 1.54) is 0 Å². The summed E-state index contributed by atoms with van der Waals surface area (Å²) in [5, 5.41) is 11.3. The van der Waals surface area contributed by atoms with Crippen LogP contribution in [-0.2, 0) is 0 Å². The summed E-state index contributed by atoms with van der Waals surface area (Å²) in [6, 6.07) is 5.27. The minimum Gasteiger partial charge on any atom is -0.493 e. The summed E-state index contributed by atoms with van der Waals surface area (Å²) in [6.07, 6.45) is 0. The molecule has 0 aliphatic carbocycles. The number of hydrazone groups is 1. The monoisotopic (exact) mass is 262 g/mol. The van der Waals surface area contributed by atoms with Gasteiger partial charge < -0.3 is 20.9 Å². The van der Waals surface area contributed by atoms with Gasteiger partial charge in [0.05, 0.1) is 19.9 Å². The first-order chi connectivity index (χ1) is 9.15. The fraction of sp³-hybridized carbons (Fsp3) is 0.182. The molecule has 100 valence electrons. The van der Waals surface area contributed by atoms with Gasteiger partial charge in [-0.3, -0.25) is 5.43 Å². The number of anilines is 1. The van der Waals surface area contributed by atoms with Crippen LogP contribution in [0.2, 0.25) is 0 Å². The van der Waals surface area contributed by atoms with Crippen LogP contribution in [0.5, 0.6) is 11.5 Å². The lowest BCUT2D eigenvalue weighted by molar-refractivity contribution is 0.355. The van der Waals surface area contributed by atoms with Gasteiger partial charge in [-0.1, -0.05) is 0 Å². The highest BCUT2D eigenvalue weighted by atomic mass is 16.5. The van der Waals surface area contributed by atoms with Crippen LogP contribution in [0.1, 0.15) is 0 Å². The first-order valence-electron chi connectivity index (χ1n) is 5.38. The van der Waals surface area contributed by atoms with Gasteiger partial charge in [-0.25, -0.2) is 0 Å². The van der Waals surface area contributed by atoms with Crippen LogP contribution < -0.4 is 26.4 Å². The second-order valence-corrected chi connectivity index (χ2v) is 3.61. The number of ether oxygens (including phenoxy) is 2. The molecule has 0 saturated carbocycles. The van der Waals surface area contributed by atoms with Crippen LogP contribution in [0.25, 0.3) is 0 Å². The summed E-state index contributed by atoms with van der Waals surface area (Å²) in [5.74, 6) is 1.56. The lowest BCUT2D eigenvalue weighted by Crippen LogP contribution is -2.32. The summed E-state index contributed by atoms with van der Waals surface area (Å²) in [7, 11) is 3.12. The molecule has 1 aliphatic heterocycles. The summed E-state index contributed by atoms with van der Waals surface area (Å²) in [4.78, 5) is 0. The Kier molecular flexibility index (Phi) is 3.51. The van der Waals surface area contributed by atoms with Gasteiger partial charge in [0.15, 0.2) is 28.9 Å². The van der Waals surface area contributed by atoms with Crippen LogP contribution in [0.15, 0.2) is 33.5 Å². The molecule has 1 aliphatic rings. The average Bonchev–Trinajstić information content (AvgIpc) is 2.75. The van der Waals surface area contributed by atoms with Gasteiger partial charge in [-0.15, -0.1) is 10.2 Å². The molecule has 2 rings (SSSR count). The van der Waals surface area contributed by atoms with E-state index in [2.05, 4.69) is 20.7 Å². The number of benzene rings is 1. The second kappa shape index (κ2) is 5.25. The molecule has 0 fully saturated rings. The predicted molar refractivity (Wildman–Crippen MR) is 73.8 cm³/mol. The maximum absolute atomic E-state index is 5.58. The maximum atomic E-state index is 5.58. The van der Waals surface area contributed by atoms with Crippen molar-refractivity contribution >= 4 is 23.1 Å². The fourth-order valence-electron chi connectivity index (χ4n) is 1.47. The van der Waals surface area contributed by atoms with Crippen LogP contribution in [0, 0.1) is 0 Å². The molecule has 0 atom stereocenters. The van der Waals surface area contributed by atoms with Gasteiger partial charge in [0.25, 0.3) is 0 Å². The van der Waals surface area contributed by atoms with Crippen LogP contribution in [0.3, 0.4) is 0 Å². The number of amidine groups is 2. The number of hydrogen-bond acceptors (Lipinski definition) is 8. The van der Waals surface area contributed by atoms with Crippen LogP contribution in [0.4, 0.5) is 5.69 Å². The van der Waals surface area contributed by atoms with Crippen LogP contribution in [-0.4, -0.2) is 31.6 Å². The molecular weight excluding hydrogens is 248 g/mol. The number of rotatable bonds is 4. The first kappa shape index (κ1) is 12.7. The Morgan fingerprint density at radius 1 is 1.05 bits per heavy atom. The quantitative estimate of drug-likeness (QED) is 0.665. The molecule has 0 saturated heterocycles. The smallest absolute Gasteiger partial charge is 0.177 e. The Morgan fingerprint density at radius 3 is 2.26 bits per heavy atom. The van der Waals surface area contributed by atoms with Crippen molar-refractivity contribution in [1.82, 2.24) is 0 Å². The number of methoxy groups -OCH3 is 2. The van der Waals surface area contributed by atoms with Crippen molar-refractivity contribution in [2.75, 3.05) is 19.6 Å². The number of hydrogen-bond donors (Lipinski definition) is 3. The van der Waals surface area contributed by atoms with Crippen molar-refractivity contribution in [1.29, 1.82) is 0 Å². The predicted octanol–water partition coefficient (Wildman–Crippen LogP) is 0.115. The van der Waals surface area contributed by atoms with Crippen molar-refractivity contribution in [2.45, 2.75) is 0 Å². The molecule has 1 heterocycles. The molecule has 0 spiro atoms. The average molecular weight is 262 g/mol. The fourth-order valence-corrected chi connectivity index (χ4v) is 1.47. The summed E-state index contributed by atoms with van der Waals surface area (Å²) < 4.78 is 10.3. The lowest BCUT2D eigenvalue weighted by Gasteiger charge is -2.09. The molecule has 1 aromatic carbocycles. The van der Waals surface area contributed by atoms with E-state index < -0.39 is 0 Å². The normalized spacial score (nSPS) is 13.7. The van der Waals surface area contributed by atoms with Crippen molar-refractivity contribution in [3.8, 4) is 11.5 Å². The zero-order valence-corrected chi connectivity index (χ0v) is 10.5. The van der Waals surface area contributed by atoms with E-state index in [0.717, 1.165) is 0 Å². The molecule has 8 heteroatoms. The van der Waals surface area contributed by atoms with E-state index >= 15 is 0 Å². The number of nitrogens with one attached hydrogen (secondary N) is 1. The van der Waals surface area contributed by atoms with Crippen molar-refractivity contribution in [3.63, 3.8) is 0 Å². The summed E-state index contributed by atoms with van der Waals surface area (Å²) >= 11 is 0. The molecule has 19 heavy (non-hydrogen) atoms. The largest absolute Gasteiger partial charge is 0.493 e.